The summed E-state index contributed by atoms with van der Waals surface area (Å²) in [7, 11) is 3.21. The van der Waals surface area contributed by atoms with Crippen molar-refractivity contribution in [2.75, 3.05) is 14.2 Å². The number of pyridine rings is 2. The maximum absolute atomic E-state index is 5.37. The van der Waals surface area contributed by atoms with Gasteiger partial charge in [-0.2, -0.15) is 5.10 Å². The Morgan fingerprint density at radius 3 is 2.23 bits per heavy atom. The van der Waals surface area contributed by atoms with Crippen LogP contribution in [-0.2, 0) is 0 Å². The van der Waals surface area contributed by atoms with Crippen LogP contribution in [0, 0.1) is 0 Å². The van der Waals surface area contributed by atoms with E-state index < -0.39 is 0 Å². The lowest BCUT2D eigenvalue weighted by Crippen LogP contribution is -1.95. The summed E-state index contributed by atoms with van der Waals surface area (Å²) in [5, 5.41) is 10.4. The van der Waals surface area contributed by atoms with Crippen LogP contribution in [0.3, 0.4) is 0 Å². The lowest BCUT2D eigenvalue weighted by Gasteiger charge is -2.11. The van der Waals surface area contributed by atoms with Gasteiger partial charge in [-0.25, -0.2) is 9.97 Å². The fourth-order valence-electron chi connectivity index (χ4n) is 2.96. The summed E-state index contributed by atoms with van der Waals surface area (Å²) in [6.07, 6.45) is 5.14. The number of rotatable bonds is 4. The van der Waals surface area contributed by atoms with Crippen molar-refractivity contribution in [3.63, 3.8) is 0 Å². The van der Waals surface area contributed by atoms with Crippen molar-refractivity contribution in [1.82, 2.24) is 20.2 Å². The van der Waals surface area contributed by atoms with Gasteiger partial charge in [0.15, 0.2) is 0 Å². The predicted octanol–water partition coefficient (Wildman–Crippen LogP) is 3.77. The van der Waals surface area contributed by atoms with Crippen molar-refractivity contribution >= 4 is 10.8 Å². The summed E-state index contributed by atoms with van der Waals surface area (Å²) in [6.45, 7) is 0. The van der Waals surface area contributed by atoms with Gasteiger partial charge in [0, 0.05) is 28.7 Å². The molecule has 3 heterocycles. The fourth-order valence-corrected chi connectivity index (χ4v) is 2.96. The number of aromatic nitrogens is 4. The molecule has 0 aliphatic rings. The molecule has 6 nitrogen and oxygen atoms in total. The summed E-state index contributed by atoms with van der Waals surface area (Å²) in [6, 6.07) is 13.7. The summed E-state index contributed by atoms with van der Waals surface area (Å²) in [5.41, 5.74) is 3.46. The number of methoxy groups -OCH3 is 2. The van der Waals surface area contributed by atoms with Crippen molar-refractivity contribution in [3.8, 4) is 34.1 Å². The second kappa shape index (κ2) is 6.76. The summed E-state index contributed by atoms with van der Waals surface area (Å²) < 4.78 is 10.7. The molecule has 0 N–H and O–H groups in total. The second-order valence-corrected chi connectivity index (χ2v) is 5.62. The number of fused-ring (bicyclic) bond motifs is 1. The molecule has 3 aromatic heterocycles. The first kappa shape index (κ1) is 16.0. The molecule has 0 aliphatic carbocycles. The largest absolute Gasteiger partial charge is 0.481 e. The minimum Gasteiger partial charge on any atom is -0.481 e. The van der Waals surface area contributed by atoms with Gasteiger partial charge in [0.1, 0.15) is 5.69 Å². The van der Waals surface area contributed by atoms with Crippen molar-refractivity contribution in [3.05, 3.63) is 61.1 Å². The van der Waals surface area contributed by atoms with E-state index in [4.69, 9.17) is 9.47 Å². The summed E-state index contributed by atoms with van der Waals surface area (Å²) >= 11 is 0. The average Bonchev–Trinajstić information content (AvgIpc) is 2.72. The summed E-state index contributed by atoms with van der Waals surface area (Å²) in [4.78, 5) is 8.52. The quantitative estimate of drug-likeness (QED) is 0.561. The Bertz CT molecular complexity index is 1080. The first-order valence-corrected chi connectivity index (χ1v) is 8.06. The highest BCUT2D eigenvalue weighted by Crippen LogP contribution is 2.34. The molecule has 0 fully saturated rings. The van der Waals surface area contributed by atoms with Crippen LogP contribution in [0.2, 0.25) is 0 Å². The molecular weight excluding hydrogens is 328 g/mol. The topological polar surface area (TPSA) is 70.0 Å². The van der Waals surface area contributed by atoms with E-state index in [-0.39, 0.29) is 0 Å². The van der Waals surface area contributed by atoms with E-state index in [0.717, 1.165) is 33.2 Å². The predicted molar refractivity (Wildman–Crippen MR) is 99.1 cm³/mol. The molecule has 0 atom stereocenters. The molecule has 0 radical (unpaired) electrons. The molecule has 0 spiro atoms. The van der Waals surface area contributed by atoms with Crippen LogP contribution in [0.4, 0.5) is 0 Å². The van der Waals surface area contributed by atoms with Crippen molar-refractivity contribution in [1.29, 1.82) is 0 Å². The smallest absolute Gasteiger partial charge is 0.222 e. The SMILES string of the molecule is COc1ncccc1-c1ccc2c(-c3cccnc3OC)nncc2c1. The van der Waals surface area contributed by atoms with Crippen molar-refractivity contribution < 1.29 is 9.47 Å². The van der Waals surface area contributed by atoms with Crippen LogP contribution in [0.5, 0.6) is 11.8 Å². The minimum atomic E-state index is 0.521. The summed E-state index contributed by atoms with van der Waals surface area (Å²) in [5.74, 6) is 1.11. The van der Waals surface area contributed by atoms with E-state index in [1.807, 2.05) is 36.4 Å². The first-order chi connectivity index (χ1) is 12.8. The maximum atomic E-state index is 5.37. The Morgan fingerprint density at radius 2 is 1.50 bits per heavy atom. The van der Waals surface area contributed by atoms with Crippen LogP contribution in [-0.4, -0.2) is 34.4 Å². The number of nitrogens with zero attached hydrogens (tertiary/aromatic N) is 4. The van der Waals surface area contributed by atoms with E-state index in [9.17, 15) is 0 Å². The Hall–Kier alpha value is -3.54. The van der Waals surface area contributed by atoms with E-state index in [0.29, 0.717) is 11.8 Å². The Kier molecular flexibility index (Phi) is 4.15. The molecule has 128 valence electrons. The number of hydrogen-bond donors (Lipinski definition) is 0. The lowest BCUT2D eigenvalue weighted by molar-refractivity contribution is 0.399. The monoisotopic (exact) mass is 344 g/mol. The minimum absolute atomic E-state index is 0.521. The Labute approximate surface area is 150 Å². The Morgan fingerprint density at radius 1 is 0.808 bits per heavy atom. The van der Waals surface area contributed by atoms with Gasteiger partial charge in [0.2, 0.25) is 11.8 Å². The van der Waals surface area contributed by atoms with E-state index in [1.54, 1.807) is 32.8 Å². The van der Waals surface area contributed by atoms with Gasteiger partial charge in [-0.05, 0) is 35.9 Å². The normalized spacial score (nSPS) is 10.7. The van der Waals surface area contributed by atoms with Gasteiger partial charge < -0.3 is 9.47 Å². The Balaban J connectivity index is 1.90. The molecule has 26 heavy (non-hydrogen) atoms. The number of benzene rings is 1. The van der Waals surface area contributed by atoms with Crippen LogP contribution < -0.4 is 9.47 Å². The molecule has 0 amide bonds. The molecule has 0 saturated carbocycles. The van der Waals surface area contributed by atoms with Crippen LogP contribution in [0.25, 0.3) is 33.2 Å². The maximum Gasteiger partial charge on any atom is 0.222 e. The molecule has 6 heteroatoms. The highest BCUT2D eigenvalue weighted by Gasteiger charge is 2.14. The van der Waals surface area contributed by atoms with E-state index >= 15 is 0 Å². The number of hydrogen-bond acceptors (Lipinski definition) is 6. The molecule has 4 rings (SSSR count). The van der Waals surface area contributed by atoms with Crippen molar-refractivity contribution in [2.24, 2.45) is 0 Å². The van der Waals surface area contributed by atoms with Gasteiger partial charge >= 0.3 is 0 Å². The van der Waals surface area contributed by atoms with Gasteiger partial charge in [-0.15, -0.1) is 5.10 Å². The number of ether oxygens (including phenoxy) is 2. The van der Waals surface area contributed by atoms with Gasteiger partial charge in [0.25, 0.3) is 0 Å². The highest BCUT2D eigenvalue weighted by atomic mass is 16.5. The average molecular weight is 344 g/mol. The van der Waals surface area contributed by atoms with Gasteiger partial charge in [0.05, 0.1) is 26.0 Å². The zero-order chi connectivity index (χ0) is 17.9. The zero-order valence-corrected chi connectivity index (χ0v) is 14.4. The third-order valence-corrected chi connectivity index (χ3v) is 4.16. The molecular formula is C20H16N4O2. The fraction of sp³-hybridized carbons (Fsp3) is 0.100. The van der Waals surface area contributed by atoms with E-state index in [2.05, 4.69) is 26.2 Å². The molecule has 0 saturated heterocycles. The molecule has 0 aliphatic heterocycles. The van der Waals surface area contributed by atoms with Gasteiger partial charge in [-0.3, -0.25) is 0 Å². The third kappa shape index (κ3) is 2.71. The van der Waals surface area contributed by atoms with E-state index in [1.165, 1.54) is 0 Å². The van der Waals surface area contributed by atoms with Crippen molar-refractivity contribution in [2.45, 2.75) is 0 Å². The second-order valence-electron chi connectivity index (χ2n) is 5.62. The standard InChI is InChI=1S/C20H16N4O2/c1-25-19-16(5-3-9-21-19)13-7-8-15-14(11-13)12-23-24-18(15)17-6-4-10-22-20(17)26-2/h3-12H,1-2H3. The zero-order valence-electron chi connectivity index (χ0n) is 14.4. The third-order valence-electron chi connectivity index (χ3n) is 4.16. The van der Waals surface area contributed by atoms with Crippen LogP contribution in [0.1, 0.15) is 0 Å². The molecule has 0 bridgehead atoms. The van der Waals surface area contributed by atoms with Gasteiger partial charge in [-0.1, -0.05) is 12.1 Å². The molecule has 4 aromatic rings. The van der Waals surface area contributed by atoms with Crippen LogP contribution in [0.15, 0.2) is 61.1 Å². The first-order valence-electron chi connectivity index (χ1n) is 8.06. The molecule has 0 unspecified atom stereocenters. The highest BCUT2D eigenvalue weighted by molar-refractivity contribution is 5.97. The van der Waals surface area contributed by atoms with Crippen LogP contribution >= 0.6 is 0 Å². The lowest BCUT2D eigenvalue weighted by atomic mass is 10.0. The molecule has 1 aromatic carbocycles.